The average Bonchev–Trinajstić information content (AvgIpc) is 2.42. The van der Waals surface area contributed by atoms with Crippen molar-refractivity contribution in [2.45, 2.75) is 40.5 Å². The van der Waals surface area contributed by atoms with Crippen molar-refractivity contribution in [3.63, 3.8) is 0 Å². The van der Waals surface area contributed by atoms with Crippen molar-refractivity contribution in [2.75, 3.05) is 18.0 Å². The molecule has 0 bridgehead atoms. The summed E-state index contributed by atoms with van der Waals surface area (Å²) in [7, 11) is 0. The fourth-order valence-corrected chi connectivity index (χ4v) is 2.20. The van der Waals surface area contributed by atoms with E-state index in [1.54, 1.807) is 0 Å². The molecule has 2 nitrogen and oxygen atoms in total. The minimum atomic E-state index is -0.207. The molecule has 0 unspecified atom stereocenters. The van der Waals surface area contributed by atoms with E-state index in [9.17, 15) is 4.79 Å². The zero-order chi connectivity index (χ0) is 13.6. The van der Waals surface area contributed by atoms with Crippen molar-refractivity contribution < 1.29 is 4.79 Å². The number of aryl methyl sites for hydroxylation is 1. The molecule has 2 heteroatoms. The Morgan fingerprint density at radius 1 is 1.11 bits per heavy atom. The summed E-state index contributed by atoms with van der Waals surface area (Å²) < 4.78 is 0. The molecule has 0 N–H and O–H groups in total. The zero-order valence-corrected chi connectivity index (χ0v) is 12.1. The van der Waals surface area contributed by atoms with Gasteiger partial charge in [0.05, 0.1) is 0 Å². The smallest absolute Gasteiger partial charge is 0.127 e. The number of anilines is 1. The number of carbonyl (C=O) groups is 1. The van der Waals surface area contributed by atoms with Crippen LogP contribution in [0, 0.1) is 12.3 Å². The maximum absolute atomic E-state index is 11.4. The van der Waals surface area contributed by atoms with E-state index >= 15 is 0 Å². The van der Waals surface area contributed by atoms with Crippen LogP contribution in [-0.2, 0) is 4.79 Å². The van der Waals surface area contributed by atoms with Crippen LogP contribution < -0.4 is 4.90 Å². The third kappa shape index (κ3) is 3.34. The molecule has 0 aliphatic carbocycles. The molecule has 0 saturated heterocycles. The monoisotopic (exact) mass is 247 g/mol. The number of rotatable bonds is 7. The third-order valence-electron chi connectivity index (χ3n) is 3.94. The lowest BCUT2D eigenvalue weighted by Crippen LogP contribution is -2.38. The van der Waals surface area contributed by atoms with Crippen LogP contribution in [-0.4, -0.2) is 19.4 Å². The highest BCUT2D eigenvalue weighted by molar-refractivity contribution is 5.61. The molecule has 100 valence electrons. The normalized spacial score (nSPS) is 11.3. The Kier molecular flexibility index (Phi) is 5.39. The molecule has 0 atom stereocenters. The number of hydrogen-bond donors (Lipinski definition) is 0. The molecule has 0 aliphatic heterocycles. The first-order chi connectivity index (χ1) is 8.60. The Bertz CT molecular complexity index is 365. The van der Waals surface area contributed by atoms with Gasteiger partial charge in [0.2, 0.25) is 0 Å². The van der Waals surface area contributed by atoms with E-state index in [4.69, 9.17) is 0 Å². The van der Waals surface area contributed by atoms with Crippen molar-refractivity contribution in [2.24, 2.45) is 5.41 Å². The highest BCUT2D eigenvalue weighted by atomic mass is 16.1. The summed E-state index contributed by atoms with van der Waals surface area (Å²) >= 11 is 0. The van der Waals surface area contributed by atoms with Crippen molar-refractivity contribution >= 4 is 12.0 Å². The van der Waals surface area contributed by atoms with Gasteiger partial charge in [-0.15, -0.1) is 0 Å². The summed E-state index contributed by atoms with van der Waals surface area (Å²) in [5.41, 5.74) is 2.26. The van der Waals surface area contributed by atoms with Crippen molar-refractivity contribution in [1.82, 2.24) is 0 Å². The van der Waals surface area contributed by atoms with E-state index in [-0.39, 0.29) is 5.41 Å². The second-order valence-electron chi connectivity index (χ2n) is 5.04. The van der Waals surface area contributed by atoms with E-state index in [1.165, 1.54) is 11.3 Å². The molecule has 0 fully saturated rings. The fraction of sp³-hybridized carbons (Fsp3) is 0.562. The highest BCUT2D eigenvalue weighted by Gasteiger charge is 2.28. The fourth-order valence-electron chi connectivity index (χ4n) is 2.20. The molecule has 1 aromatic rings. The Labute approximate surface area is 111 Å². The largest absolute Gasteiger partial charge is 0.371 e. The number of benzene rings is 1. The second-order valence-corrected chi connectivity index (χ2v) is 5.04. The summed E-state index contributed by atoms with van der Waals surface area (Å²) in [6.07, 6.45) is 2.94. The number of nitrogens with zero attached hydrogens (tertiary/aromatic N) is 1. The minimum absolute atomic E-state index is 0.207. The van der Waals surface area contributed by atoms with Crippen LogP contribution in [0.25, 0.3) is 0 Å². The maximum Gasteiger partial charge on any atom is 0.127 e. The quantitative estimate of drug-likeness (QED) is 0.683. The summed E-state index contributed by atoms with van der Waals surface area (Å²) in [5.74, 6) is 0. The predicted octanol–water partition coefficient (Wildman–Crippen LogP) is 3.83. The Morgan fingerprint density at radius 3 is 2.06 bits per heavy atom. The summed E-state index contributed by atoms with van der Waals surface area (Å²) in [5, 5.41) is 0. The van der Waals surface area contributed by atoms with Crippen LogP contribution >= 0.6 is 0 Å². The average molecular weight is 247 g/mol. The number of hydrogen-bond acceptors (Lipinski definition) is 2. The molecule has 0 amide bonds. The lowest BCUT2D eigenvalue weighted by atomic mass is 9.83. The second kappa shape index (κ2) is 6.58. The van der Waals surface area contributed by atoms with Gasteiger partial charge in [-0.3, -0.25) is 0 Å². The molecule has 0 spiro atoms. The van der Waals surface area contributed by atoms with Gasteiger partial charge in [-0.1, -0.05) is 31.5 Å². The van der Waals surface area contributed by atoms with E-state index in [1.807, 2.05) is 0 Å². The van der Waals surface area contributed by atoms with Gasteiger partial charge in [0, 0.05) is 24.2 Å². The lowest BCUT2D eigenvalue weighted by molar-refractivity contribution is -0.116. The van der Waals surface area contributed by atoms with Gasteiger partial charge >= 0.3 is 0 Å². The van der Waals surface area contributed by atoms with E-state index < -0.39 is 0 Å². The first-order valence-electron chi connectivity index (χ1n) is 6.88. The molecule has 18 heavy (non-hydrogen) atoms. The van der Waals surface area contributed by atoms with E-state index in [0.717, 1.165) is 32.2 Å². The van der Waals surface area contributed by atoms with Crippen LogP contribution in [0.15, 0.2) is 24.3 Å². The van der Waals surface area contributed by atoms with Gasteiger partial charge in [0.15, 0.2) is 0 Å². The van der Waals surface area contributed by atoms with Gasteiger partial charge < -0.3 is 9.69 Å². The topological polar surface area (TPSA) is 20.3 Å². The maximum atomic E-state index is 11.4. The molecular formula is C16H25NO. The first-order valence-corrected chi connectivity index (χ1v) is 6.88. The lowest BCUT2D eigenvalue weighted by Gasteiger charge is -2.34. The molecule has 1 aromatic carbocycles. The van der Waals surface area contributed by atoms with Gasteiger partial charge in [0.1, 0.15) is 6.29 Å². The van der Waals surface area contributed by atoms with Gasteiger partial charge in [-0.2, -0.15) is 0 Å². The Hall–Kier alpha value is -1.31. The molecule has 0 saturated carbocycles. The van der Waals surface area contributed by atoms with Crippen LogP contribution in [0.1, 0.15) is 39.2 Å². The highest BCUT2D eigenvalue weighted by Crippen LogP contribution is 2.27. The van der Waals surface area contributed by atoms with E-state index in [2.05, 4.69) is 56.9 Å². The standard InChI is InChI=1S/C16H25NO/c1-5-16(6-2,13-18)12-17(7-3)15-10-8-14(4)9-11-15/h8-11,13H,5-7,12H2,1-4H3. The van der Waals surface area contributed by atoms with E-state index in [0.29, 0.717) is 0 Å². The predicted molar refractivity (Wildman–Crippen MR) is 78.1 cm³/mol. The minimum Gasteiger partial charge on any atom is -0.371 e. The van der Waals surface area contributed by atoms with Crippen LogP contribution in [0.3, 0.4) is 0 Å². The number of carbonyl (C=O) groups excluding carboxylic acids is 1. The molecular weight excluding hydrogens is 222 g/mol. The van der Waals surface area contributed by atoms with Crippen molar-refractivity contribution in [3.05, 3.63) is 29.8 Å². The zero-order valence-electron chi connectivity index (χ0n) is 12.1. The molecule has 0 radical (unpaired) electrons. The Balaban J connectivity index is 2.90. The van der Waals surface area contributed by atoms with Gasteiger partial charge in [-0.25, -0.2) is 0 Å². The number of aldehydes is 1. The van der Waals surface area contributed by atoms with Crippen molar-refractivity contribution in [3.8, 4) is 0 Å². The molecule has 1 rings (SSSR count). The van der Waals surface area contributed by atoms with Crippen LogP contribution in [0.5, 0.6) is 0 Å². The van der Waals surface area contributed by atoms with Crippen LogP contribution in [0.2, 0.25) is 0 Å². The van der Waals surface area contributed by atoms with Crippen LogP contribution in [0.4, 0.5) is 5.69 Å². The SMILES string of the molecule is CCN(CC(C=O)(CC)CC)c1ccc(C)cc1. The Morgan fingerprint density at radius 2 is 1.67 bits per heavy atom. The molecule has 0 heterocycles. The molecule has 0 aliphatic rings. The first kappa shape index (κ1) is 14.7. The van der Waals surface area contributed by atoms with Crippen molar-refractivity contribution in [1.29, 1.82) is 0 Å². The summed E-state index contributed by atoms with van der Waals surface area (Å²) in [6, 6.07) is 8.52. The van der Waals surface area contributed by atoms with Gasteiger partial charge in [-0.05, 0) is 38.8 Å². The molecule has 0 aromatic heterocycles. The summed E-state index contributed by atoms with van der Waals surface area (Å²) in [6.45, 7) is 10.2. The van der Waals surface area contributed by atoms with Gasteiger partial charge in [0.25, 0.3) is 0 Å². The third-order valence-corrected chi connectivity index (χ3v) is 3.94. The summed E-state index contributed by atoms with van der Waals surface area (Å²) in [4.78, 5) is 13.7.